The highest BCUT2D eigenvalue weighted by molar-refractivity contribution is 6.03. The van der Waals surface area contributed by atoms with Gasteiger partial charge in [-0.1, -0.05) is 30.3 Å². The van der Waals surface area contributed by atoms with Gasteiger partial charge in [-0.3, -0.25) is 19.2 Å². The number of hydrogen-bond donors (Lipinski definition) is 3. The smallest absolute Gasteiger partial charge is 0.407 e. The molecule has 0 radical (unpaired) electrons. The topological polar surface area (TPSA) is 174 Å². The third-order valence-corrected chi connectivity index (χ3v) is 6.45. The standard InChI is InChI=1S/C32H39N3O9/c1-20(36)10-12-28(22(3)38)34-30(40)25-16-26(31(41)35-29(23(4)39)13-11-21(2)37)18-27(17-25)43-15-14-33-32(42)44-19-24-8-6-5-7-9-24/h5-9,16-18,28-29H,10-15,19H2,1-4H3,(H,33,42)(H,34,40)(H,35,41). The van der Waals surface area contributed by atoms with Gasteiger partial charge in [-0.25, -0.2) is 4.79 Å². The van der Waals surface area contributed by atoms with Crippen LogP contribution >= 0.6 is 0 Å². The molecule has 2 unspecified atom stereocenters. The highest BCUT2D eigenvalue weighted by Gasteiger charge is 2.23. The summed E-state index contributed by atoms with van der Waals surface area (Å²) in [7, 11) is 0. The van der Waals surface area contributed by atoms with Crippen LogP contribution in [0.15, 0.2) is 48.5 Å². The minimum Gasteiger partial charge on any atom is -0.492 e. The number of ketones is 4. The monoisotopic (exact) mass is 609 g/mol. The van der Waals surface area contributed by atoms with Crippen LogP contribution in [0.3, 0.4) is 0 Å². The Bertz CT molecular complexity index is 1290. The molecule has 0 heterocycles. The molecular weight excluding hydrogens is 570 g/mol. The lowest BCUT2D eigenvalue weighted by molar-refractivity contribution is -0.121. The molecular formula is C32H39N3O9. The first kappa shape index (κ1) is 35.3. The first-order valence-electron chi connectivity index (χ1n) is 14.2. The van der Waals surface area contributed by atoms with Crippen molar-refractivity contribution in [2.75, 3.05) is 13.2 Å². The van der Waals surface area contributed by atoms with Crippen molar-refractivity contribution in [3.63, 3.8) is 0 Å². The predicted octanol–water partition coefficient (Wildman–Crippen LogP) is 3.11. The van der Waals surface area contributed by atoms with Crippen molar-refractivity contribution >= 4 is 41.0 Å². The molecule has 0 saturated heterocycles. The number of hydrogen-bond acceptors (Lipinski definition) is 9. The lowest BCUT2D eigenvalue weighted by Crippen LogP contribution is -2.41. The Kier molecular flexibility index (Phi) is 14.4. The molecule has 0 aliphatic rings. The van der Waals surface area contributed by atoms with Crippen molar-refractivity contribution < 1.29 is 43.0 Å². The molecule has 2 rings (SSSR count). The number of ether oxygens (including phenoxy) is 2. The average molecular weight is 610 g/mol. The van der Waals surface area contributed by atoms with E-state index in [1.807, 2.05) is 30.3 Å². The lowest BCUT2D eigenvalue weighted by Gasteiger charge is -2.18. The molecule has 0 aliphatic carbocycles. The van der Waals surface area contributed by atoms with E-state index in [9.17, 15) is 33.6 Å². The number of nitrogens with one attached hydrogen (secondary N) is 3. The van der Waals surface area contributed by atoms with Crippen LogP contribution in [0, 0.1) is 0 Å². The molecule has 3 N–H and O–H groups in total. The van der Waals surface area contributed by atoms with Crippen molar-refractivity contribution in [3.8, 4) is 5.75 Å². The van der Waals surface area contributed by atoms with Gasteiger partial charge in [0.1, 0.15) is 30.5 Å². The third-order valence-electron chi connectivity index (χ3n) is 6.45. The van der Waals surface area contributed by atoms with E-state index in [4.69, 9.17) is 9.47 Å². The van der Waals surface area contributed by atoms with Crippen LogP contribution in [0.1, 0.15) is 79.7 Å². The molecule has 0 fully saturated rings. The Balaban J connectivity index is 2.17. The van der Waals surface area contributed by atoms with E-state index >= 15 is 0 Å². The molecule has 12 heteroatoms. The van der Waals surface area contributed by atoms with Crippen molar-refractivity contribution in [3.05, 3.63) is 65.2 Å². The number of amides is 3. The molecule has 44 heavy (non-hydrogen) atoms. The van der Waals surface area contributed by atoms with Crippen LogP contribution < -0.4 is 20.7 Å². The van der Waals surface area contributed by atoms with E-state index in [1.54, 1.807) is 0 Å². The molecule has 236 valence electrons. The molecule has 2 atom stereocenters. The van der Waals surface area contributed by atoms with Crippen molar-refractivity contribution in [2.45, 2.75) is 72.1 Å². The Labute approximate surface area is 256 Å². The van der Waals surface area contributed by atoms with E-state index in [2.05, 4.69) is 16.0 Å². The normalized spacial score (nSPS) is 11.8. The zero-order valence-corrected chi connectivity index (χ0v) is 25.4. The summed E-state index contributed by atoms with van der Waals surface area (Å²) in [6.45, 7) is 5.44. The molecule has 0 aliphatic heterocycles. The number of carbonyl (C=O) groups excluding carboxylic acids is 7. The Morgan fingerprint density at radius 2 is 1.20 bits per heavy atom. The van der Waals surface area contributed by atoms with Crippen LogP contribution in [-0.2, 0) is 30.5 Å². The summed E-state index contributed by atoms with van der Waals surface area (Å²) in [5, 5.41) is 7.73. The van der Waals surface area contributed by atoms with Gasteiger partial charge in [-0.05, 0) is 64.3 Å². The van der Waals surface area contributed by atoms with Gasteiger partial charge in [0.05, 0.1) is 18.6 Å². The second kappa shape index (κ2) is 17.9. The van der Waals surface area contributed by atoms with Crippen LogP contribution in [0.25, 0.3) is 0 Å². The van der Waals surface area contributed by atoms with Gasteiger partial charge in [0, 0.05) is 24.0 Å². The average Bonchev–Trinajstić information content (AvgIpc) is 2.98. The second-order valence-corrected chi connectivity index (χ2v) is 10.3. The molecule has 2 aromatic carbocycles. The Hall–Kier alpha value is -4.87. The van der Waals surface area contributed by atoms with E-state index in [-0.39, 0.29) is 85.5 Å². The van der Waals surface area contributed by atoms with Gasteiger partial charge in [0.2, 0.25) is 0 Å². The summed E-state index contributed by atoms with van der Waals surface area (Å²) in [5.41, 5.74) is 0.793. The summed E-state index contributed by atoms with van der Waals surface area (Å²) in [6, 6.07) is 11.3. The fraction of sp³-hybridized carbons (Fsp3) is 0.406. The van der Waals surface area contributed by atoms with E-state index < -0.39 is 30.0 Å². The molecule has 0 bridgehead atoms. The Morgan fingerprint density at radius 1 is 0.705 bits per heavy atom. The summed E-state index contributed by atoms with van der Waals surface area (Å²) in [4.78, 5) is 85.4. The molecule has 0 spiro atoms. The minimum absolute atomic E-state index is 0.0138. The highest BCUT2D eigenvalue weighted by atomic mass is 16.5. The number of benzene rings is 2. The van der Waals surface area contributed by atoms with Gasteiger partial charge in [0.25, 0.3) is 11.8 Å². The zero-order chi connectivity index (χ0) is 32.6. The largest absolute Gasteiger partial charge is 0.492 e. The molecule has 0 aromatic heterocycles. The lowest BCUT2D eigenvalue weighted by atomic mass is 10.0. The van der Waals surface area contributed by atoms with Crippen molar-refractivity contribution in [1.29, 1.82) is 0 Å². The molecule has 12 nitrogen and oxygen atoms in total. The molecule has 3 amide bonds. The maximum Gasteiger partial charge on any atom is 0.407 e. The quantitative estimate of drug-likeness (QED) is 0.215. The number of carbonyl (C=O) groups is 7. The summed E-state index contributed by atoms with van der Waals surface area (Å²) in [6.07, 6.45) is -0.249. The minimum atomic E-state index is -0.923. The maximum atomic E-state index is 13.1. The van der Waals surface area contributed by atoms with Gasteiger partial charge < -0.3 is 35.0 Å². The van der Waals surface area contributed by atoms with Crippen LogP contribution in [0.5, 0.6) is 5.75 Å². The first-order valence-corrected chi connectivity index (χ1v) is 14.2. The fourth-order valence-electron chi connectivity index (χ4n) is 3.97. The van der Waals surface area contributed by atoms with Crippen molar-refractivity contribution in [2.24, 2.45) is 0 Å². The van der Waals surface area contributed by atoms with E-state index in [1.165, 1.54) is 45.9 Å². The van der Waals surface area contributed by atoms with Gasteiger partial charge in [0.15, 0.2) is 11.6 Å². The zero-order valence-electron chi connectivity index (χ0n) is 25.4. The number of alkyl carbamates (subject to hydrolysis) is 1. The van der Waals surface area contributed by atoms with Crippen LogP contribution in [0.2, 0.25) is 0 Å². The van der Waals surface area contributed by atoms with Gasteiger partial charge in [-0.2, -0.15) is 0 Å². The molecule has 0 saturated carbocycles. The summed E-state index contributed by atoms with van der Waals surface area (Å²) < 4.78 is 10.9. The van der Waals surface area contributed by atoms with E-state index in [0.717, 1.165) is 5.56 Å². The Morgan fingerprint density at radius 3 is 1.66 bits per heavy atom. The summed E-state index contributed by atoms with van der Waals surface area (Å²) in [5.74, 6) is -2.22. The van der Waals surface area contributed by atoms with Gasteiger partial charge >= 0.3 is 6.09 Å². The van der Waals surface area contributed by atoms with Crippen LogP contribution in [0.4, 0.5) is 4.79 Å². The first-order chi connectivity index (χ1) is 20.8. The second-order valence-electron chi connectivity index (χ2n) is 10.3. The summed E-state index contributed by atoms with van der Waals surface area (Å²) >= 11 is 0. The third kappa shape index (κ3) is 13.0. The maximum absolute atomic E-state index is 13.1. The number of rotatable bonds is 18. The van der Waals surface area contributed by atoms with Crippen LogP contribution in [-0.4, -0.2) is 66.3 Å². The highest BCUT2D eigenvalue weighted by Crippen LogP contribution is 2.19. The SMILES string of the molecule is CC(=O)CCC(NC(=O)c1cc(OCCNC(=O)OCc2ccccc2)cc(C(=O)NC(CCC(C)=O)C(C)=O)c1)C(C)=O. The predicted molar refractivity (Wildman–Crippen MR) is 160 cm³/mol. The van der Waals surface area contributed by atoms with Gasteiger partial charge in [-0.15, -0.1) is 0 Å². The number of Topliss-reactive ketones (excluding diaryl/α,β-unsaturated/α-hetero) is 4. The molecule has 2 aromatic rings. The fourth-order valence-corrected chi connectivity index (χ4v) is 3.97. The van der Waals surface area contributed by atoms with E-state index in [0.29, 0.717) is 0 Å². The van der Waals surface area contributed by atoms with Crippen molar-refractivity contribution in [1.82, 2.24) is 16.0 Å².